The summed E-state index contributed by atoms with van der Waals surface area (Å²) in [5, 5.41) is 8.37. The maximum absolute atomic E-state index is 11.6. The summed E-state index contributed by atoms with van der Waals surface area (Å²) in [6.07, 6.45) is 0.582. The van der Waals surface area contributed by atoms with Crippen LogP contribution >= 0.6 is 15.9 Å². The van der Waals surface area contributed by atoms with Gasteiger partial charge in [-0.3, -0.25) is 4.79 Å². The van der Waals surface area contributed by atoms with Gasteiger partial charge in [0.25, 0.3) is 0 Å². The highest BCUT2D eigenvalue weighted by molar-refractivity contribution is 9.10. The molecule has 0 radical (unpaired) electrons. The Balaban J connectivity index is 2.91. The molecule has 1 aromatic rings. The SMILES string of the molecule is Cc1c(Br)cccc1C(=O)CCC#N. The molecule has 2 nitrogen and oxygen atoms in total. The number of nitrogens with zero attached hydrogens (tertiary/aromatic N) is 1. The van der Waals surface area contributed by atoms with E-state index in [0.29, 0.717) is 12.0 Å². The lowest BCUT2D eigenvalue weighted by Crippen LogP contribution is -2.01. The molecule has 0 spiro atoms. The Labute approximate surface area is 91.7 Å². The number of hydrogen-bond acceptors (Lipinski definition) is 2. The molecule has 0 saturated heterocycles. The second-order valence-electron chi connectivity index (χ2n) is 2.99. The Bertz CT molecular complexity index is 393. The Hall–Kier alpha value is -1.14. The zero-order valence-corrected chi connectivity index (χ0v) is 9.47. The summed E-state index contributed by atoms with van der Waals surface area (Å²) in [6, 6.07) is 7.49. The third-order valence-corrected chi connectivity index (χ3v) is 2.89. The summed E-state index contributed by atoms with van der Waals surface area (Å²) in [6.45, 7) is 1.89. The number of halogens is 1. The number of benzene rings is 1. The van der Waals surface area contributed by atoms with Crippen molar-refractivity contribution in [3.8, 4) is 6.07 Å². The highest BCUT2D eigenvalue weighted by Crippen LogP contribution is 2.20. The van der Waals surface area contributed by atoms with Gasteiger partial charge in [0.05, 0.1) is 6.07 Å². The van der Waals surface area contributed by atoms with Gasteiger partial charge in [0, 0.05) is 22.9 Å². The van der Waals surface area contributed by atoms with Crippen molar-refractivity contribution in [3.05, 3.63) is 33.8 Å². The number of carbonyl (C=O) groups excluding carboxylic acids is 1. The van der Waals surface area contributed by atoms with Gasteiger partial charge in [0.1, 0.15) is 0 Å². The first kappa shape index (κ1) is 10.9. The number of ketones is 1. The van der Waals surface area contributed by atoms with Crippen LogP contribution in [-0.2, 0) is 0 Å². The minimum Gasteiger partial charge on any atom is -0.294 e. The summed E-state index contributed by atoms with van der Waals surface area (Å²) in [5.74, 6) is 0.0327. The fourth-order valence-corrected chi connectivity index (χ4v) is 1.58. The van der Waals surface area contributed by atoms with E-state index in [2.05, 4.69) is 15.9 Å². The molecule has 1 rings (SSSR count). The van der Waals surface area contributed by atoms with Gasteiger partial charge >= 0.3 is 0 Å². The van der Waals surface area contributed by atoms with Crippen LogP contribution in [0.2, 0.25) is 0 Å². The van der Waals surface area contributed by atoms with E-state index in [9.17, 15) is 4.79 Å². The van der Waals surface area contributed by atoms with Crippen molar-refractivity contribution < 1.29 is 4.79 Å². The van der Waals surface area contributed by atoms with Gasteiger partial charge in [-0.25, -0.2) is 0 Å². The molecule has 0 unspecified atom stereocenters. The zero-order chi connectivity index (χ0) is 10.6. The molecule has 0 amide bonds. The van der Waals surface area contributed by atoms with Crippen molar-refractivity contribution in [2.24, 2.45) is 0 Å². The van der Waals surface area contributed by atoms with Crippen molar-refractivity contribution in [1.82, 2.24) is 0 Å². The molecule has 0 N–H and O–H groups in total. The smallest absolute Gasteiger partial charge is 0.164 e. The van der Waals surface area contributed by atoms with Gasteiger partial charge in [0.15, 0.2) is 5.78 Å². The van der Waals surface area contributed by atoms with E-state index in [1.54, 1.807) is 6.07 Å². The molecule has 0 aromatic heterocycles. The van der Waals surface area contributed by atoms with Gasteiger partial charge in [-0.15, -0.1) is 0 Å². The fourth-order valence-electron chi connectivity index (χ4n) is 1.21. The Morgan fingerprint density at radius 2 is 2.29 bits per heavy atom. The lowest BCUT2D eigenvalue weighted by Gasteiger charge is -2.04. The van der Waals surface area contributed by atoms with E-state index in [4.69, 9.17) is 5.26 Å². The number of nitriles is 1. The molecule has 0 saturated carbocycles. The van der Waals surface area contributed by atoms with Crippen molar-refractivity contribution >= 4 is 21.7 Å². The third kappa shape index (κ3) is 2.43. The quantitative estimate of drug-likeness (QED) is 0.775. The standard InChI is InChI=1S/C11H10BrNO/c1-8-9(4-2-5-10(8)12)11(14)6-3-7-13/h2,4-5H,3,6H2,1H3. The Morgan fingerprint density at radius 3 is 2.93 bits per heavy atom. The van der Waals surface area contributed by atoms with Crippen LogP contribution in [0.15, 0.2) is 22.7 Å². The first-order valence-corrected chi connectivity index (χ1v) is 5.11. The summed E-state index contributed by atoms with van der Waals surface area (Å²) < 4.78 is 0.931. The topological polar surface area (TPSA) is 40.9 Å². The molecule has 3 heteroatoms. The molecule has 0 aliphatic heterocycles. The largest absolute Gasteiger partial charge is 0.294 e. The van der Waals surface area contributed by atoms with Gasteiger partial charge in [-0.1, -0.05) is 28.1 Å². The van der Waals surface area contributed by atoms with E-state index in [1.807, 2.05) is 25.1 Å². The molecule has 1 aromatic carbocycles. The molecule has 0 fully saturated rings. The molecule has 72 valence electrons. The number of Topliss-reactive ketones (excluding diaryl/α,β-unsaturated/α-hetero) is 1. The summed E-state index contributed by atoms with van der Waals surface area (Å²) in [7, 11) is 0. The molecule has 0 aliphatic carbocycles. The van der Waals surface area contributed by atoms with Crippen LogP contribution in [0.25, 0.3) is 0 Å². The van der Waals surface area contributed by atoms with Crippen LogP contribution in [0.3, 0.4) is 0 Å². The normalized spacial score (nSPS) is 9.50. The Kier molecular flexibility index (Phi) is 3.84. The molecular formula is C11H10BrNO. The molecule has 0 bridgehead atoms. The summed E-state index contributed by atoms with van der Waals surface area (Å²) in [4.78, 5) is 11.6. The van der Waals surface area contributed by atoms with Crippen molar-refractivity contribution in [3.63, 3.8) is 0 Å². The average molecular weight is 252 g/mol. The van der Waals surface area contributed by atoms with Crippen LogP contribution < -0.4 is 0 Å². The number of rotatable bonds is 3. The first-order chi connectivity index (χ1) is 6.66. The molecule has 0 aliphatic rings. The van der Waals surface area contributed by atoms with Crippen molar-refractivity contribution in [2.75, 3.05) is 0 Å². The maximum atomic E-state index is 11.6. The molecule has 0 heterocycles. The van der Waals surface area contributed by atoms with Gasteiger partial charge < -0.3 is 0 Å². The lowest BCUT2D eigenvalue weighted by molar-refractivity contribution is 0.0983. The van der Waals surface area contributed by atoms with Crippen LogP contribution in [0.5, 0.6) is 0 Å². The number of hydrogen-bond donors (Lipinski definition) is 0. The lowest BCUT2D eigenvalue weighted by atomic mass is 10.0. The van der Waals surface area contributed by atoms with Crippen LogP contribution in [0, 0.1) is 18.3 Å². The van der Waals surface area contributed by atoms with Gasteiger partial charge in [-0.2, -0.15) is 5.26 Å². The van der Waals surface area contributed by atoms with Crippen LogP contribution in [0.1, 0.15) is 28.8 Å². The predicted octanol–water partition coefficient (Wildman–Crippen LogP) is 3.24. The van der Waals surface area contributed by atoms with E-state index in [1.165, 1.54) is 0 Å². The average Bonchev–Trinajstić information content (AvgIpc) is 2.18. The van der Waals surface area contributed by atoms with E-state index in [-0.39, 0.29) is 12.2 Å². The maximum Gasteiger partial charge on any atom is 0.164 e. The Morgan fingerprint density at radius 1 is 1.57 bits per heavy atom. The number of carbonyl (C=O) groups is 1. The highest BCUT2D eigenvalue weighted by atomic mass is 79.9. The van der Waals surface area contributed by atoms with E-state index < -0.39 is 0 Å². The van der Waals surface area contributed by atoms with Gasteiger partial charge in [-0.05, 0) is 18.6 Å². The van der Waals surface area contributed by atoms with Gasteiger partial charge in [0.2, 0.25) is 0 Å². The minimum atomic E-state index is 0.0327. The second-order valence-corrected chi connectivity index (χ2v) is 3.85. The highest BCUT2D eigenvalue weighted by Gasteiger charge is 2.09. The summed E-state index contributed by atoms with van der Waals surface area (Å²) in [5.41, 5.74) is 1.64. The second kappa shape index (κ2) is 4.92. The van der Waals surface area contributed by atoms with E-state index >= 15 is 0 Å². The minimum absolute atomic E-state index is 0.0327. The van der Waals surface area contributed by atoms with Crippen molar-refractivity contribution in [1.29, 1.82) is 5.26 Å². The van der Waals surface area contributed by atoms with E-state index in [0.717, 1.165) is 10.0 Å². The third-order valence-electron chi connectivity index (χ3n) is 2.03. The predicted molar refractivity (Wildman–Crippen MR) is 58.1 cm³/mol. The van der Waals surface area contributed by atoms with Crippen LogP contribution in [0.4, 0.5) is 0 Å². The van der Waals surface area contributed by atoms with Crippen LogP contribution in [-0.4, -0.2) is 5.78 Å². The fraction of sp³-hybridized carbons (Fsp3) is 0.273. The molecular weight excluding hydrogens is 242 g/mol. The monoisotopic (exact) mass is 251 g/mol. The summed E-state index contributed by atoms with van der Waals surface area (Å²) >= 11 is 3.37. The first-order valence-electron chi connectivity index (χ1n) is 4.32. The molecule has 14 heavy (non-hydrogen) atoms. The molecule has 0 atom stereocenters. The van der Waals surface area contributed by atoms with Crippen molar-refractivity contribution in [2.45, 2.75) is 19.8 Å². The zero-order valence-electron chi connectivity index (χ0n) is 7.88.